The Balaban J connectivity index is 1.72. The van der Waals surface area contributed by atoms with E-state index in [1.165, 1.54) is 11.9 Å². The quantitative estimate of drug-likeness (QED) is 0.305. The van der Waals surface area contributed by atoms with Crippen LogP contribution in [0, 0.1) is 0 Å². The zero-order chi connectivity index (χ0) is 22.1. The number of nitrogens with one attached hydrogen (secondary N) is 4. The largest absolute Gasteiger partial charge is 0.394 e. The van der Waals surface area contributed by atoms with Gasteiger partial charge in [-0.1, -0.05) is 30.3 Å². The first kappa shape index (κ1) is 20.3. The lowest BCUT2D eigenvalue weighted by Crippen LogP contribution is -2.32. The second kappa shape index (κ2) is 8.50. The van der Waals surface area contributed by atoms with Gasteiger partial charge >= 0.3 is 0 Å². The van der Waals surface area contributed by atoms with Crippen molar-refractivity contribution in [1.29, 1.82) is 0 Å². The number of hydrogen-bond donors (Lipinski definition) is 5. The SMILES string of the molecule is CNCc1ccc(C2NNc3cccc4c(=O)[nH]nc(c34)C2c2ncnn2CCO)cc1. The molecule has 0 spiro atoms. The number of hydrazine groups is 1. The number of benzene rings is 2. The molecule has 0 saturated heterocycles. The van der Waals surface area contributed by atoms with Crippen LogP contribution in [0.5, 0.6) is 0 Å². The summed E-state index contributed by atoms with van der Waals surface area (Å²) in [5.41, 5.74) is 10.1. The van der Waals surface area contributed by atoms with Crippen LogP contribution in [0.3, 0.4) is 0 Å². The van der Waals surface area contributed by atoms with Crippen molar-refractivity contribution in [2.45, 2.75) is 25.0 Å². The smallest absolute Gasteiger partial charge is 0.272 e. The molecule has 10 nitrogen and oxygen atoms in total. The second-order valence-electron chi connectivity index (χ2n) is 7.73. The minimum atomic E-state index is -0.380. The highest BCUT2D eigenvalue weighted by Gasteiger charge is 2.36. The van der Waals surface area contributed by atoms with Crippen molar-refractivity contribution >= 4 is 16.5 Å². The summed E-state index contributed by atoms with van der Waals surface area (Å²) in [6, 6.07) is 13.6. The van der Waals surface area contributed by atoms with Gasteiger partial charge in [0.25, 0.3) is 5.56 Å². The Labute approximate surface area is 183 Å². The van der Waals surface area contributed by atoms with Gasteiger partial charge in [-0.15, -0.1) is 0 Å². The molecule has 32 heavy (non-hydrogen) atoms. The number of H-pyrrole nitrogens is 1. The van der Waals surface area contributed by atoms with E-state index in [0.717, 1.165) is 23.2 Å². The molecule has 2 atom stereocenters. The van der Waals surface area contributed by atoms with Gasteiger partial charge < -0.3 is 15.8 Å². The predicted molar refractivity (Wildman–Crippen MR) is 120 cm³/mol. The molecule has 5 rings (SSSR count). The van der Waals surface area contributed by atoms with E-state index in [4.69, 9.17) is 0 Å². The molecular weight excluding hydrogens is 408 g/mol. The monoisotopic (exact) mass is 432 g/mol. The Bertz CT molecular complexity index is 1300. The van der Waals surface area contributed by atoms with Crippen LogP contribution >= 0.6 is 0 Å². The maximum atomic E-state index is 12.5. The summed E-state index contributed by atoms with van der Waals surface area (Å²) in [6.45, 7) is 1.02. The van der Waals surface area contributed by atoms with Crippen LogP contribution in [0.1, 0.15) is 34.6 Å². The average Bonchev–Trinajstić information content (AvgIpc) is 3.19. The maximum Gasteiger partial charge on any atom is 0.272 e. The molecule has 0 radical (unpaired) electrons. The Kier molecular flexibility index (Phi) is 5.39. The lowest BCUT2D eigenvalue weighted by molar-refractivity contribution is 0.265. The third-order valence-electron chi connectivity index (χ3n) is 5.79. The van der Waals surface area contributed by atoms with E-state index >= 15 is 0 Å². The summed E-state index contributed by atoms with van der Waals surface area (Å²) in [5.74, 6) is 0.268. The molecular formula is C22H24N8O2. The van der Waals surface area contributed by atoms with Crippen LogP contribution in [0.15, 0.2) is 53.6 Å². The van der Waals surface area contributed by atoms with Gasteiger partial charge in [0.1, 0.15) is 12.2 Å². The zero-order valence-electron chi connectivity index (χ0n) is 17.5. The van der Waals surface area contributed by atoms with E-state index in [2.05, 4.69) is 60.7 Å². The summed E-state index contributed by atoms with van der Waals surface area (Å²) in [5, 5.41) is 25.4. The number of hydrogen-bond acceptors (Lipinski definition) is 8. The van der Waals surface area contributed by atoms with E-state index in [1.807, 2.05) is 19.2 Å². The Morgan fingerprint density at radius 3 is 2.81 bits per heavy atom. The molecule has 164 valence electrons. The van der Waals surface area contributed by atoms with Crippen molar-refractivity contribution in [1.82, 2.24) is 35.7 Å². The number of aliphatic hydroxyl groups excluding tert-OH is 1. The number of aromatic amines is 1. The second-order valence-corrected chi connectivity index (χ2v) is 7.73. The van der Waals surface area contributed by atoms with Gasteiger partial charge in [0.15, 0.2) is 0 Å². The van der Waals surface area contributed by atoms with E-state index < -0.39 is 0 Å². The molecule has 10 heteroatoms. The first-order chi connectivity index (χ1) is 15.7. The highest BCUT2D eigenvalue weighted by atomic mass is 16.3. The van der Waals surface area contributed by atoms with Crippen molar-refractivity contribution in [3.8, 4) is 0 Å². The fraction of sp³-hybridized carbons (Fsp3) is 0.273. The molecule has 2 unspecified atom stereocenters. The molecule has 1 aliphatic heterocycles. The molecule has 0 saturated carbocycles. The van der Waals surface area contributed by atoms with Gasteiger partial charge in [-0.2, -0.15) is 10.2 Å². The summed E-state index contributed by atoms with van der Waals surface area (Å²) in [4.78, 5) is 17.0. The molecule has 1 aliphatic rings. The molecule has 4 aromatic rings. The van der Waals surface area contributed by atoms with Gasteiger partial charge in [0, 0.05) is 11.9 Å². The van der Waals surface area contributed by atoms with E-state index in [-0.39, 0.29) is 24.1 Å². The first-order valence-electron chi connectivity index (χ1n) is 10.5. The average molecular weight is 432 g/mol. The van der Waals surface area contributed by atoms with Gasteiger partial charge in [-0.3, -0.25) is 4.79 Å². The van der Waals surface area contributed by atoms with Crippen molar-refractivity contribution < 1.29 is 5.11 Å². The number of rotatable bonds is 6. The van der Waals surface area contributed by atoms with Gasteiger partial charge in [0.05, 0.1) is 41.9 Å². The van der Waals surface area contributed by atoms with Crippen molar-refractivity contribution in [3.05, 3.63) is 81.8 Å². The lowest BCUT2D eigenvalue weighted by Gasteiger charge is -2.26. The Hall–Kier alpha value is -3.60. The highest BCUT2D eigenvalue weighted by molar-refractivity contribution is 5.96. The fourth-order valence-corrected chi connectivity index (χ4v) is 4.35. The van der Waals surface area contributed by atoms with Crippen molar-refractivity contribution in [3.63, 3.8) is 0 Å². The van der Waals surface area contributed by atoms with Crippen molar-refractivity contribution in [2.75, 3.05) is 19.1 Å². The molecule has 0 bridgehead atoms. The van der Waals surface area contributed by atoms with Crippen LogP contribution in [-0.4, -0.2) is 43.7 Å². The molecule has 2 aromatic carbocycles. The fourth-order valence-electron chi connectivity index (χ4n) is 4.35. The van der Waals surface area contributed by atoms with E-state index in [9.17, 15) is 9.90 Å². The van der Waals surface area contributed by atoms with Crippen LogP contribution in [0.4, 0.5) is 5.69 Å². The minimum absolute atomic E-state index is 0.0663. The Morgan fingerprint density at radius 1 is 1.19 bits per heavy atom. The van der Waals surface area contributed by atoms with Crippen LogP contribution in [-0.2, 0) is 13.1 Å². The predicted octanol–water partition coefficient (Wildman–Crippen LogP) is 1.03. The molecule has 0 aliphatic carbocycles. The summed E-state index contributed by atoms with van der Waals surface area (Å²) >= 11 is 0. The zero-order valence-corrected chi connectivity index (χ0v) is 17.5. The van der Waals surface area contributed by atoms with E-state index in [1.54, 1.807) is 10.7 Å². The molecule has 3 heterocycles. The molecule has 0 amide bonds. The maximum absolute atomic E-state index is 12.5. The first-order valence-corrected chi connectivity index (χ1v) is 10.5. The van der Waals surface area contributed by atoms with Gasteiger partial charge in [0.2, 0.25) is 0 Å². The summed E-state index contributed by atoms with van der Waals surface area (Å²) in [7, 11) is 1.92. The van der Waals surface area contributed by atoms with Crippen LogP contribution in [0.2, 0.25) is 0 Å². The topological polar surface area (TPSA) is 133 Å². The highest BCUT2D eigenvalue weighted by Crippen LogP contribution is 2.41. The molecule has 2 aromatic heterocycles. The summed E-state index contributed by atoms with van der Waals surface area (Å²) < 4.78 is 1.68. The van der Waals surface area contributed by atoms with Crippen molar-refractivity contribution in [2.24, 2.45) is 0 Å². The number of anilines is 1. The molecule has 5 N–H and O–H groups in total. The Morgan fingerprint density at radius 2 is 2.03 bits per heavy atom. The third kappa shape index (κ3) is 3.44. The standard InChI is InChI=1S/C22H24N8O2/c1-23-11-13-5-7-14(8-6-13)19-18(21-24-12-25-30(21)9-10-31)20-17-15(22(32)29-28-20)3-2-4-16(17)26-27-19/h2-8,12,18-19,23,26-27,31H,9-11H2,1H3,(H,29,32). The number of nitrogens with zero attached hydrogens (tertiary/aromatic N) is 4. The van der Waals surface area contributed by atoms with Crippen LogP contribution in [0.25, 0.3) is 10.8 Å². The third-order valence-corrected chi connectivity index (χ3v) is 5.79. The number of aromatic nitrogens is 5. The van der Waals surface area contributed by atoms with Gasteiger partial charge in [-0.25, -0.2) is 20.2 Å². The normalized spacial score (nSPS) is 17.8. The lowest BCUT2D eigenvalue weighted by atomic mass is 9.87. The van der Waals surface area contributed by atoms with Gasteiger partial charge in [-0.05, 0) is 30.3 Å². The van der Waals surface area contributed by atoms with Crippen LogP contribution < -0.4 is 21.7 Å². The van der Waals surface area contributed by atoms with E-state index in [0.29, 0.717) is 23.4 Å². The number of aliphatic hydroxyl groups is 1. The molecule has 0 fully saturated rings. The summed E-state index contributed by atoms with van der Waals surface area (Å²) in [6.07, 6.45) is 1.48. The minimum Gasteiger partial charge on any atom is -0.394 e.